The Balaban J connectivity index is 2.35. The van der Waals surface area contributed by atoms with Crippen LogP contribution in [-0.4, -0.2) is 47.2 Å². The second kappa shape index (κ2) is 10.8. The average Bonchev–Trinajstić information content (AvgIpc) is 2.69. The highest BCUT2D eigenvalue weighted by Gasteiger charge is 2.27. The Morgan fingerprint density at radius 2 is 1.79 bits per heavy atom. The van der Waals surface area contributed by atoms with Crippen LogP contribution in [0, 0.1) is 5.92 Å². The van der Waals surface area contributed by atoms with Gasteiger partial charge < -0.3 is 14.8 Å². The van der Waals surface area contributed by atoms with Crippen molar-refractivity contribution in [1.82, 2.24) is 9.97 Å². The second-order valence-corrected chi connectivity index (χ2v) is 5.99. The lowest BCUT2D eigenvalue weighted by atomic mass is 10.1. The molecular weight excluding hydrogens is 376 g/mol. The molecule has 0 spiro atoms. The van der Waals surface area contributed by atoms with Crippen LogP contribution in [0.5, 0.6) is 0 Å². The van der Waals surface area contributed by atoms with Crippen molar-refractivity contribution in [2.24, 2.45) is 10.9 Å². The number of carbonyl (C=O) groups is 3. The number of rotatable bonds is 9. The maximum atomic E-state index is 12.1. The molecule has 1 N–H and O–H groups in total. The van der Waals surface area contributed by atoms with Gasteiger partial charge in [0.1, 0.15) is 6.33 Å². The molecule has 0 unspecified atom stereocenters. The molecule has 9 nitrogen and oxygen atoms in total. The molecule has 154 valence electrons. The Hall–Kier alpha value is -3.36. The number of esters is 2. The van der Waals surface area contributed by atoms with Crippen molar-refractivity contribution in [3.05, 3.63) is 24.5 Å². The van der Waals surface area contributed by atoms with Crippen LogP contribution in [-0.2, 0) is 23.9 Å². The SMILES string of the molecule is CCCC(=O)Nc1ccc2ncnc(N=CC(C(=O)OCC)C(=O)OCC)c2c1. The molecular formula is C20H24N4O5. The molecule has 29 heavy (non-hydrogen) atoms. The van der Waals surface area contributed by atoms with Crippen LogP contribution in [0.4, 0.5) is 11.5 Å². The van der Waals surface area contributed by atoms with Crippen molar-refractivity contribution in [2.75, 3.05) is 18.5 Å². The van der Waals surface area contributed by atoms with Gasteiger partial charge in [0.25, 0.3) is 0 Å². The summed E-state index contributed by atoms with van der Waals surface area (Å²) in [7, 11) is 0. The topological polar surface area (TPSA) is 120 Å². The third kappa shape index (κ3) is 6.06. The Morgan fingerprint density at radius 1 is 1.10 bits per heavy atom. The zero-order valence-electron chi connectivity index (χ0n) is 16.7. The molecule has 9 heteroatoms. The molecule has 1 aromatic heterocycles. The molecule has 0 aliphatic carbocycles. The van der Waals surface area contributed by atoms with Crippen LogP contribution in [0.15, 0.2) is 29.5 Å². The van der Waals surface area contributed by atoms with Gasteiger partial charge in [-0.1, -0.05) is 6.92 Å². The first-order chi connectivity index (χ1) is 14.0. The third-order valence-electron chi connectivity index (χ3n) is 3.80. The van der Waals surface area contributed by atoms with Gasteiger partial charge in [0.15, 0.2) is 11.7 Å². The number of ether oxygens (including phenoxy) is 2. The zero-order valence-corrected chi connectivity index (χ0v) is 16.7. The lowest BCUT2D eigenvalue weighted by Gasteiger charge is -2.10. The quantitative estimate of drug-likeness (QED) is 0.390. The summed E-state index contributed by atoms with van der Waals surface area (Å²) in [5.41, 5.74) is 1.18. The van der Waals surface area contributed by atoms with E-state index in [4.69, 9.17) is 9.47 Å². The number of aromatic nitrogens is 2. The summed E-state index contributed by atoms with van der Waals surface area (Å²) in [6.45, 7) is 5.46. The number of aliphatic imine (C=N–C) groups is 1. The van der Waals surface area contributed by atoms with E-state index in [1.54, 1.807) is 32.0 Å². The predicted molar refractivity (Wildman–Crippen MR) is 108 cm³/mol. The first-order valence-corrected chi connectivity index (χ1v) is 9.42. The average molecular weight is 400 g/mol. The normalized spacial score (nSPS) is 11.0. The van der Waals surface area contributed by atoms with Gasteiger partial charge in [-0.2, -0.15) is 0 Å². The zero-order chi connectivity index (χ0) is 21.2. The number of hydrogen-bond acceptors (Lipinski definition) is 8. The molecule has 0 fully saturated rings. The van der Waals surface area contributed by atoms with Crippen molar-refractivity contribution >= 4 is 46.5 Å². The van der Waals surface area contributed by atoms with Gasteiger partial charge in [-0.15, -0.1) is 0 Å². The smallest absolute Gasteiger partial charge is 0.325 e. The van der Waals surface area contributed by atoms with Crippen LogP contribution in [0.3, 0.4) is 0 Å². The first-order valence-electron chi connectivity index (χ1n) is 9.42. The maximum absolute atomic E-state index is 12.1. The fourth-order valence-electron chi connectivity index (χ4n) is 2.50. The van der Waals surface area contributed by atoms with Gasteiger partial charge in [-0.3, -0.25) is 14.4 Å². The van der Waals surface area contributed by atoms with Crippen LogP contribution in [0.1, 0.15) is 33.6 Å². The van der Waals surface area contributed by atoms with Crippen molar-refractivity contribution in [1.29, 1.82) is 0 Å². The van der Waals surface area contributed by atoms with Gasteiger partial charge >= 0.3 is 11.9 Å². The minimum absolute atomic E-state index is 0.0987. The number of nitrogens with one attached hydrogen (secondary N) is 1. The monoisotopic (exact) mass is 400 g/mol. The van der Waals surface area contributed by atoms with E-state index in [-0.39, 0.29) is 24.9 Å². The summed E-state index contributed by atoms with van der Waals surface area (Å²) < 4.78 is 9.84. The standard InChI is InChI=1S/C20H24N4O5/c1-4-7-17(25)24-13-8-9-16-14(10-13)18(23-12-22-16)21-11-15(19(26)28-5-2)20(27)29-6-3/h8-12,15H,4-7H2,1-3H3,(H,24,25). The van der Waals surface area contributed by atoms with E-state index in [2.05, 4.69) is 20.3 Å². The van der Waals surface area contributed by atoms with Crippen LogP contribution in [0.25, 0.3) is 10.9 Å². The molecule has 0 saturated carbocycles. The van der Waals surface area contributed by atoms with E-state index < -0.39 is 17.9 Å². The van der Waals surface area contributed by atoms with Crippen molar-refractivity contribution in [2.45, 2.75) is 33.6 Å². The van der Waals surface area contributed by atoms with Crippen LogP contribution in [0.2, 0.25) is 0 Å². The molecule has 0 atom stereocenters. The number of benzene rings is 1. The summed E-state index contributed by atoms with van der Waals surface area (Å²) in [6.07, 6.45) is 3.63. The minimum Gasteiger partial charge on any atom is -0.465 e. The fraction of sp³-hybridized carbons (Fsp3) is 0.400. The highest BCUT2D eigenvalue weighted by molar-refractivity contribution is 6.10. The Bertz CT molecular complexity index is 895. The maximum Gasteiger partial charge on any atom is 0.325 e. The molecule has 2 rings (SSSR count). The molecule has 0 bridgehead atoms. The van der Waals surface area contributed by atoms with E-state index >= 15 is 0 Å². The number of fused-ring (bicyclic) bond motifs is 1. The number of anilines is 1. The summed E-state index contributed by atoms with van der Waals surface area (Å²) in [4.78, 5) is 48.5. The molecule has 1 amide bonds. The molecule has 0 radical (unpaired) electrons. The molecule has 0 aliphatic rings. The summed E-state index contributed by atoms with van der Waals surface area (Å²) in [5.74, 6) is -2.65. The number of nitrogens with zero attached hydrogens (tertiary/aromatic N) is 3. The highest BCUT2D eigenvalue weighted by Crippen LogP contribution is 2.25. The molecule has 1 heterocycles. The van der Waals surface area contributed by atoms with Crippen molar-refractivity contribution < 1.29 is 23.9 Å². The lowest BCUT2D eigenvalue weighted by Crippen LogP contribution is -2.29. The van der Waals surface area contributed by atoms with Gasteiger partial charge in [0.2, 0.25) is 5.91 Å². The van der Waals surface area contributed by atoms with Crippen molar-refractivity contribution in [3.8, 4) is 0 Å². The fourth-order valence-corrected chi connectivity index (χ4v) is 2.50. The van der Waals surface area contributed by atoms with Gasteiger partial charge in [-0.25, -0.2) is 15.0 Å². The van der Waals surface area contributed by atoms with Gasteiger partial charge in [0.05, 0.1) is 18.7 Å². The first kappa shape index (κ1) is 21.9. The molecule has 0 saturated heterocycles. The third-order valence-corrected chi connectivity index (χ3v) is 3.80. The number of amides is 1. The summed E-state index contributed by atoms with van der Waals surface area (Å²) in [5, 5.41) is 3.36. The lowest BCUT2D eigenvalue weighted by molar-refractivity contribution is -0.157. The minimum atomic E-state index is -1.30. The number of hydrogen-bond donors (Lipinski definition) is 1. The largest absolute Gasteiger partial charge is 0.465 e. The Kier molecular flexibility index (Phi) is 8.20. The van der Waals surface area contributed by atoms with Crippen molar-refractivity contribution in [3.63, 3.8) is 0 Å². The van der Waals surface area contributed by atoms with Gasteiger partial charge in [-0.05, 0) is 38.5 Å². The van der Waals surface area contributed by atoms with E-state index in [0.717, 1.165) is 12.6 Å². The Labute approximate surface area is 168 Å². The summed E-state index contributed by atoms with van der Waals surface area (Å²) in [6, 6.07) is 5.15. The Morgan fingerprint density at radius 3 is 2.41 bits per heavy atom. The molecule has 1 aromatic carbocycles. The van der Waals surface area contributed by atoms with E-state index in [1.165, 1.54) is 6.33 Å². The second-order valence-electron chi connectivity index (χ2n) is 5.99. The summed E-state index contributed by atoms with van der Waals surface area (Å²) >= 11 is 0. The molecule has 2 aromatic rings. The number of carbonyl (C=O) groups excluding carboxylic acids is 3. The highest BCUT2D eigenvalue weighted by atomic mass is 16.6. The van der Waals surface area contributed by atoms with Crippen LogP contribution >= 0.6 is 0 Å². The van der Waals surface area contributed by atoms with E-state index in [9.17, 15) is 14.4 Å². The van der Waals surface area contributed by atoms with Gasteiger partial charge in [0, 0.05) is 23.7 Å². The molecule has 0 aliphatic heterocycles. The van der Waals surface area contributed by atoms with Crippen LogP contribution < -0.4 is 5.32 Å². The van der Waals surface area contributed by atoms with E-state index in [0.29, 0.717) is 23.0 Å². The van der Waals surface area contributed by atoms with E-state index in [1.807, 2.05) is 6.92 Å². The predicted octanol–water partition coefficient (Wildman–Crippen LogP) is 2.81.